The Labute approximate surface area is 205 Å². The number of benzene rings is 3. The molecule has 0 aliphatic rings. The molecule has 1 amide bonds. The van der Waals surface area contributed by atoms with E-state index in [0.717, 1.165) is 10.6 Å². The lowest BCUT2D eigenvalue weighted by atomic mass is 10.2. The van der Waals surface area contributed by atoms with Crippen LogP contribution in [0.2, 0.25) is 0 Å². The van der Waals surface area contributed by atoms with Crippen LogP contribution in [0, 0.1) is 0 Å². The molecule has 10 heteroatoms. The number of anilines is 2. The maximum Gasteiger partial charge on any atom is 0.255 e. The SMILES string of the molecule is COc1ccc(C(=O)Nc2ccc(N(C)S(C)(=O)=O)c(OCc3cc(OC)ccc3OC)c2)cc1. The van der Waals surface area contributed by atoms with Crippen molar-refractivity contribution in [2.45, 2.75) is 6.61 Å². The zero-order chi connectivity index (χ0) is 25.6. The standard InChI is InChI=1S/C25H28N2O7S/c1-27(35(5,29)30)22-12-8-19(26-25(28)17-6-9-20(31-2)10-7-17)15-24(22)34-16-18-14-21(32-3)11-13-23(18)33-4/h6-15H,16H2,1-5H3,(H,26,28). The van der Waals surface area contributed by atoms with Crippen molar-refractivity contribution in [1.29, 1.82) is 0 Å². The highest BCUT2D eigenvalue weighted by Gasteiger charge is 2.19. The molecule has 0 fully saturated rings. The number of sulfonamides is 1. The van der Waals surface area contributed by atoms with Crippen LogP contribution in [0.4, 0.5) is 11.4 Å². The number of amides is 1. The third-order valence-corrected chi connectivity index (χ3v) is 6.47. The van der Waals surface area contributed by atoms with Gasteiger partial charge in [-0.05, 0) is 54.6 Å². The topological polar surface area (TPSA) is 103 Å². The van der Waals surface area contributed by atoms with Gasteiger partial charge in [0.1, 0.15) is 29.6 Å². The first-order valence-corrected chi connectivity index (χ1v) is 12.4. The second-order valence-electron chi connectivity index (χ2n) is 7.56. The summed E-state index contributed by atoms with van der Waals surface area (Å²) in [6, 6.07) is 16.7. The second kappa shape index (κ2) is 11.0. The molecule has 3 rings (SSSR count). The van der Waals surface area contributed by atoms with Gasteiger partial charge in [-0.15, -0.1) is 0 Å². The first kappa shape index (κ1) is 25.7. The summed E-state index contributed by atoms with van der Waals surface area (Å²) in [4.78, 5) is 12.7. The predicted octanol–water partition coefficient (Wildman–Crippen LogP) is 3.94. The monoisotopic (exact) mass is 500 g/mol. The molecule has 0 atom stereocenters. The van der Waals surface area contributed by atoms with Gasteiger partial charge in [-0.1, -0.05) is 0 Å². The molecule has 0 aromatic heterocycles. The summed E-state index contributed by atoms with van der Waals surface area (Å²) in [6.45, 7) is 0.0703. The Morgan fingerprint density at radius 2 is 1.51 bits per heavy atom. The van der Waals surface area contributed by atoms with Crippen molar-refractivity contribution in [3.05, 3.63) is 71.8 Å². The Hall–Kier alpha value is -3.92. The third-order valence-electron chi connectivity index (χ3n) is 5.28. The summed E-state index contributed by atoms with van der Waals surface area (Å²) in [5.74, 6) is 1.78. The van der Waals surface area contributed by atoms with Crippen LogP contribution >= 0.6 is 0 Å². The van der Waals surface area contributed by atoms with E-state index in [-0.39, 0.29) is 18.3 Å². The number of rotatable bonds is 10. The number of hydrogen-bond donors (Lipinski definition) is 1. The lowest BCUT2D eigenvalue weighted by Crippen LogP contribution is -2.25. The molecule has 0 heterocycles. The Balaban J connectivity index is 1.91. The minimum atomic E-state index is -3.56. The van der Waals surface area contributed by atoms with E-state index in [1.165, 1.54) is 7.05 Å². The Morgan fingerprint density at radius 3 is 2.11 bits per heavy atom. The highest BCUT2D eigenvalue weighted by molar-refractivity contribution is 7.92. The lowest BCUT2D eigenvalue weighted by Gasteiger charge is -2.21. The molecule has 0 aliphatic heterocycles. The maximum absolute atomic E-state index is 12.7. The number of methoxy groups -OCH3 is 3. The number of hydrogen-bond acceptors (Lipinski definition) is 7. The van der Waals surface area contributed by atoms with Crippen molar-refractivity contribution < 1.29 is 32.2 Å². The summed E-state index contributed by atoms with van der Waals surface area (Å²) in [6.07, 6.45) is 1.10. The summed E-state index contributed by atoms with van der Waals surface area (Å²) < 4.78 is 47.3. The highest BCUT2D eigenvalue weighted by atomic mass is 32.2. The fraction of sp³-hybridized carbons (Fsp3) is 0.240. The number of carbonyl (C=O) groups excluding carboxylic acids is 1. The smallest absolute Gasteiger partial charge is 0.255 e. The third kappa shape index (κ3) is 6.36. The predicted molar refractivity (Wildman–Crippen MR) is 135 cm³/mol. The van der Waals surface area contributed by atoms with Crippen LogP contribution in [-0.4, -0.2) is 49.0 Å². The molecular weight excluding hydrogens is 472 g/mol. The van der Waals surface area contributed by atoms with E-state index in [1.807, 2.05) is 0 Å². The zero-order valence-corrected chi connectivity index (χ0v) is 21.0. The molecule has 0 radical (unpaired) electrons. The molecule has 0 bridgehead atoms. The summed E-state index contributed by atoms with van der Waals surface area (Å²) in [5.41, 5.74) is 1.89. The van der Waals surface area contributed by atoms with Gasteiger partial charge in [-0.2, -0.15) is 0 Å². The van der Waals surface area contributed by atoms with E-state index >= 15 is 0 Å². The first-order valence-electron chi connectivity index (χ1n) is 10.5. The minimum Gasteiger partial charge on any atom is -0.497 e. The van der Waals surface area contributed by atoms with Crippen molar-refractivity contribution in [2.24, 2.45) is 0 Å². The molecule has 1 N–H and O–H groups in total. The van der Waals surface area contributed by atoms with Crippen molar-refractivity contribution in [3.8, 4) is 23.0 Å². The zero-order valence-electron chi connectivity index (χ0n) is 20.2. The van der Waals surface area contributed by atoms with E-state index in [1.54, 1.807) is 82.0 Å². The van der Waals surface area contributed by atoms with E-state index in [9.17, 15) is 13.2 Å². The Bertz CT molecular complexity index is 1290. The molecule has 0 unspecified atom stereocenters. The van der Waals surface area contributed by atoms with Gasteiger partial charge >= 0.3 is 0 Å². The summed E-state index contributed by atoms with van der Waals surface area (Å²) in [5, 5.41) is 2.81. The largest absolute Gasteiger partial charge is 0.497 e. The van der Waals surface area contributed by atoms with Gasteiger partial charge in [0.25, 0.3) is 5.91 Å². The average molecular weight is 501 g/mol. The average Bonchev–Trinajstić information content (AvgIpc) is 2.86. The summed E-state index contributed by atoms with van der Waals surface area (Å²) >= 11 is 0. The van der Waals surface area contributed by atoms with Gasteiger partial charge in [0.15, 0.2) is 0 Å². The van der Waals surface area contributed by atoms with Crippen molar-refractivity contribution in [1.82, 2.24) is 0 Å². The van der Waals surface area contributed by atoms with Crippen LogP contribution in [0.5, 0.6) is 23.0 Å². The van der Waals surface area contributed by atoms with E-state index in [0.29, 0.717) is 39.8 Å². The maximum atomic E-state index is 12.7. The van der Waals surface area contributed by atoms with Crippen LogP contribution in [0.15, 0.2) is 60.7 Å². The molecule has 0 spiro atoms. The molecule has 0 aliphatic carbocycles. The molecular formula is C25H28N2O7S. The van der Waals surface area contributed by atoms with Crippen molar-refractivity contribution >= 4 is 27.3 Å². The molecule has 186 valence electrons. The first-order chi connectivity index (χ1) is 16.7. The van der Waals surface area contributed by atoms with Gasteiger partial charge in [0.2, 0.25) is 10.0 Å². The van der Waals surface area contributed by atoms with Crippen LogP contribution in [0.25, 0.3) is 0 Å². The van der Waals surface area contributed by atoms with Crippen LogP contribution < -0.4 is 28.6 Å². The van der Waals surface area contributed by atoms with Crippen molar-refractivity contribution in [3.63, 3.8) is 0 Å². The van der Waals surface area contributed by atoms with E-state index < -0.39 is 10.0 Å². The molecule has 3 aromatic rings. The number of nitrogens with zero attached hydrogens (tertiary/aromatic N) is 1. The highest BCUT2D eigenvalue weighted by Crippen LogP contribution is 2.34. The van der Waals surface area contributed by atoms with Gasteiger partial charge in [-0.3, -0.25) is 9.10 Å². The summed E-state index contributed by atoms with van der Waals surface area (Å²) in [7, 11) is 2.52. The Kier molecular flexibility index (Phi) is 8.08. The van der Waals surface area contributed by atoms with Crippen molar-refractivity contribution in [2.75, 3.05) is 44.3 Å². The van der Waals surface area contributed by atoms with E-state index in [2.05, 4.69) is 5.32 Å². The number of nitrogens with one attached hydrogen (secondary N) is 1. The van der Waals surface area contributed by atoms with Crippen LogP contribution in [-0.2, 0) is 16.6 Å². The lowest BCUT2D eigenvalue weighted by molar-refractivity contribution is 0.102. The Morgan fingerprint density at radius 1 is 0.857 bits per heavy atom. The van der Waals surface area contributed by atoms with Gasteiger partial charge < -0.3 is 24.3 Å². The molecule has 35 heavy (non-hydrogen) atoms. The normalized spacial score (nSPS) is 10.9. The van der Waals surface area contributed by atoms with Crippen LogP contribution in [0.1, 0.15) is 15.9 Å². The quantitative estimate of drug-likeness (QED) is 0.450. The van der Waals surface area contributed by atoms with Crippen LogP contribution in [0.3, 0.4) is 0 Å². The molecule has 9 nitrogen and oxygen atoms in total. The van der Waals surface area contributed by atoms with Gasteiger partial charge in [-0.25, -0.2) is 8.42 Å². The minimum absolute atomic E-state index is 0.0703. The second-order valence-corrected chi connectivity index (χ2v) is 9.58. The molecule has 3 aromatic carbocycles. The molecule has 0 saturated heterocycles. The molecule has 0 saturated carbocycles. The number of ether oxygens (including phenoxy) is 4. The van der Waals surface area contributed by atoms with Gasteiger partial charge in [0, 0.05) is 29.9 Å². The van der Waals surface area contributed by atoms with E-state index in [4.69, 9.17) is 18.9 Å². The number of carbonyl (C=O) groups is 1. The van der Waals surface area contributed by atoms with Gasteiger partial charge in [0.05, 0.1) is 33.3 Å². The fourth-order valence-electron chi connectivity index (χ4n) is 3.24. The fourth-order valence-corrected chi connectivity index (χ4v) is 3.75.